The molecular weight excluding hydrogens is 542 g/mol. The van der Waals surface area contributed by atoms with Gasteiger partial charge in [0.1, 0.15) is 23.0 Å². The average Bonchev–Trinajstić information content (AvgIpc) is 3.66. The van der Waals surface area contributed by atoms with Crippen LogP contribution in [0, 0.1) is 0 Å². The van der Waals surface area contributed by atoms with Gasteiger partial charge in [-0.15, -0.1) is 0 Å². The fourth-order valence-electron chi connectivity index (χ4n) is 6.31. The summed E-state index contributed by atoms with van der Waals surface area (Å²) < 4.78 is 12.7. The van der Waals surface area contributed by atoms with Crippen LogP contribution in [-0.2, 0) is 0 Å². The second-order valence-corrected chi connectivity index (χ2v) is 11.2. The van der Waals surface area contributed by atoms with Crippen LogP contribution in [0.2, 0.25) is 0 Å². The van der Waals surface area contributed by atoms with Gasteiger partial charge < -0.3 is 9.15 Å². The van der Waals surface area contributed by atoms with Crippen LogP contribution in [0.1, 0.15) is 11.5 Å². The van der Waals surface area contributed by atoms with Crippen molar-refractivity contribution < 1.29 is 9.15 Å². The van der Waals surface area contributed by atoms with Crippen molar-refractivity contribution in [2.24, 2.45) is 0 Å². The zero-order chi connectivity index (χ0) is 29.0. The highest BCUT2D eigenvalue weighted by molar-refractivity contribution is 6.10. The summed E-state index contributed by atoms with van der Waals surface area (Å²) in [6.45, 7) is 0. The first-order chi connectivity index (χ1) is 21.8. The number of ether oxygens (including phenoxy) is 1. The van der Waals surface area contributed by atoms with Crippen LogP contribution in [0.5, 0.6) is 5.75 Å². The summed E-state index contributed by atoms with van der Waals surface area (Å²) >= 11 is 0. The summed E-state index contributed by atoms with van der Waals surface area (Å²) in [6, 6.07) is 39.0. The standard InChI is InChI=1S/C39H25N3O2/c1-3-10-24(11-4-1)37-40-38(25-12-5-2-6-13-25)42-39(41-37)27-19-21-35-32(23-27)30-16-9-15-28(36(30)44-35)26-18-20-34-31(22-26)29-14-7-8-17-33(29)43-34/h1-23,29,33H. The van der Waals surface area contributed by atoms with Crippen molar-refractivity contribution in [3.63, 3.8) is 0 Å². The van der Waals surface area contributed by atoms with E-state index < -0.39 is 0 Å². The Labute approximate surface area is 253 Å². The number of aromatic nitrogens is 3. The first kappa shape index (κ1) is 24.8. The largest absolute Gasteiger partial charge is 0.485 e. The van der Waals surface area contributed by atoms with E-state index in [-0.39, 0.29) is 12.0 Å². The molecule has 208 valence electrons. The molecule has 0 radical (unpaired) electrons. The van der Waals surface area contributed by atoms with E-state index in [2.05, 4.69) is 66.8 Å². The van der Waals surface area contributed by atoms with E-state index in [4.69, 9.17) is 24.1 Å². The van der Waals surface area contributed by atoms with Crippen molar-refractivity contribution in [2.75, 3.05) is 0 Å². The average molecular weight is 568 g/mol. The summed E-state index contributed by atoms with van der Waals surface area (Å²) in [5.41, 5.74) is 7.85. The third-order valence-corrected chi connectivity index (χ3v) is 8.48. The molecule has 0 N–H and O–H groups in total. The van der Waals surface area contributed by atoms with Gasteiger partial charge in [0.15, 0.2) is 17.5 Å². The molecule has 2 aromatic heterocycles. The highest BCUT2D eigenvalue weighted by Gasteiger charge is 2.32. The Bertz CT molecular complexity index is 2210. The molecule has 2 unspecified atom stereocenters. The van der Waals surface area contributed by atoms with E-state index in [0.29, 0.717) is 17.5 Å². The second kappa shape index (κ2) is 9.89. The molecule has 5 aromatic carbocycles. The quantitative estimate of drug-likeness (QED) is 0.212. The van der Waals surface area contributed by atoms with Crippen molar-refractivity contribution in [3.05, 3.63) is 145 Å². The van der Waals surface area contributed by atoms with E-state index in [1.165, 1.54) is 5.56 Å². The Hall–Kier alpha value is -5.81. The number of rotatable bonds is 4. The zero-order valence-electron chi connectivity index (χ0n) is 23.6. The molecule has 2 atom stereocenters. The second-order valence-electron chi connectivity index (χ2n) is 11.2. The molecule has 9 rings (SSSR count). The molecule has 7 aromatic rings. The Morgan fingerprint density at radius 2 is 1.20 bits per heavy atom. The molecule has 0 saturated heterocycles. The van der Waals surface area contributed by atoms with Gasteiger partial charge in [0, 0.05) is 44.5 Å². The number of hydrogen-bond acceptors (Lipinski definition) is 5. The van der Waals surface area contributed by atoms with Gasteiger partial charge in [-0.3, -0.25) is 0 Å². The van der Waals surface area contributed by atoms with Gasteiger partial charge in [-0.05, 0) is 42.0 Å². The number of benzene rings is 5. The molecule has 0 fully saturated rings. The van der Waals surface area contributed by atoms with Gasteiger partial charge in [0.25, 0.3) is 0 Å². The lowest BCUT2D eigenvalue weighted by Crippen LogP contribution is -2.15. The van der Waals surface area contributed by atoms with Crippen LogP contribution in [0.15, 0.2) is 144 Å². The maximum atomic E-state index is 6.53. The van der Waals surface area contributed by atoms with Crippen molar-refractivity contribution in [1.29, 1.82) is 0 Å². The number of furan rings is 1. The van der Waals surface area contributed by atoms with Gasteiger partial charge >= 0.3 is 0 Å². The maximum absolute atomic E-state index is 6.53. The molecule has 0 spiro atoms. The fraction of sp³-hybridized carbons (Fsp3) is 0.0513. The first-order valence-corrected chi connectivity index (χ1v) is 14.8. The van der Waals surface area contributed by atoms with Gasteiger partial charge in [-0.2, -0.15) is 0 Å². The molecule has 5 nitrogen and oxygen atoms in total. The molecule has 0 bridgehead atoms. The minimum Gasteiger partial charge on any atom is -0.485 e. The van der Waals surface area contributed by atoms with E-state index in [1.807, 2.05) is 72.8 Å². The fourth-order valence-corrected chi connectivity index (χ4v) is 6.31. The monoisotopic (exact) mass is 567 g/mol. The van der Waals surface area contributed by atoms with Crippen LogP contribution in [0.4, 0.5) is 0 Å². The van der Waals surface area contributed by atoms with Crippen LogP contribution in [0.3, 0.4) is 0 Å². The Morgan fingerprint density at radius 1 is 0.523 bits per heavy atom. The summed E-state index contributed by atoms with van der Waals surface area (Å²) in [4.78, 5) is 14.7. The molecular formula is C39H25N3O2. The van der Waals surface area contributed by atoms with Crippen LogP contribution < -0.4 is 4.74 Å². The minimum absolute atomic E-state index is 0.0610. The summed E-state index contributed by atoms with van der Waals surface area (Å²) in [7, 11) is 0. The normalized spacial score (nSPS) is 16.6. The minimum atomic E-state index is 0.0610. The van der Waals surface area contributed by atoms with Gasteiger partial charge in [-0.25, -0.2) is 15.0 Å². The van der Waals surface area contributed by atoms with Gasteiger partial charge in [-0.1, -0.05) is 103 Å². The van der Waals surface area contributed by atoms with E-state index in [1.54, 1.807) is 0 Å². The molecule has 44 heavy (non-hydrogen) atoms. The van der Waals surface area contributed by atoms with Crippen molar-refractivity contribution >= 4 is 21.9 Å². The summed E-state index contributed by atoms with van der Waals surface area (Å²) in [6.07, 6.45) is 8.56. The first-order valence-electron chi connectivity index (χ1n) is 14.8. The third kappa shape index (κ3) is 4.05. The molecule has 0 amide bonds. The maximum Gasteiger partial charge on any atom is 0.164 e. The van der Waals surface area contributed by atoms with Crippen LogP contribution >= 0.6 is 0 Å². The molecule has 3 heterocycles. The molecule has 1 aliphatic heterocycles. The molecule has 2 aliphatic rings. The number of fused-ring (bicyclic) bond motifs is 6. The van der Waals surface area contributed by atoms with Crippen molar-refractivity contribution in [3.8, 4) is 51.0 Å². The zero-order valence-corrected chi connectivity index (χ0v) is 23.6. The Morgan fingerprint density at radius 3 is 1.95 bits per heavy atom. The van der Waals surface area contributed by atoms with Crippen molar-refractivity contribution in [2.45, 2.75) is 12.0 Å². The Balaban J connectivity index is 1.17. The number of para-hydroxylation sites is 1. The third-order valence-electron chi connectivity index (χ3n) is 8.48. The van der Waals surface area contributed by atoms with Crippen molar-refractivity contribution in [1.82, 2.24) is 15.0 Å². The number of hydrogen-bond donors (Lipinski definition) is 0. The van der Waals surface area contributed by atoms with E-state index in [0.717, 1.165) is 55.5 Å². The molecule has 1 aliphatic carbocycles. The predicted octanol–water partition coefficient (Wildman–Crippen LogP) is 9.41. The highest BCUT2D eigenvalue weighted by atomic mass is 16.5. The summed E-state index contributed by atoms with van der Waals surface area (Å²) in [5, 5.41) is 2.07. The van der Waals surface area contributed by atoms with Gasteiger partial charge in [0.05, 0.1) is 0 Å². The summed E-state index contributed by atoms with van der Waals surface area (Å²) in [5.74, 6) is 3.07. The Kier molecular flexibility index (Phi) is 5.56. The smallest absolute Gasteiger partial charge is 0.164 e. The number of nitrogens with zero attached hydrogens (tertiary/aromatic N) is 3. The SMILES string of the molecule is C1=CC2Oc3ccc(-c4cccc5c4oc4ccc(-c6nc(-c7ccccc7)nc(-c7ccccc7)n6)cc45)cc3C2C=C1. The topological polar surface area (TPSA) is 61.0 Å². The van der Waals surface area contributed by atoms with Crippen LogP contribution in [0.25, 0.3) is 67.2 Å². The lowest BCUT2D eigenvalue weighted by Gasteiger charge is -2.14. The lowest BCUT2D eigenvalue weighted by atomic mass is 9.90. The predicted molar refractivity (Wildman–Crippen MR) is 174 cm³/mol. The lowest BCUT2D eigenvalue weighted by molar-refractivity contribution is 0.269. The highest BCUT2D eigenvalue weighted by Crippen LogP contribution is 2.44. The van der Waals surface area contributed by atoms with Crippen LogP contribution in [-0.4, -0.2) is 21.1 Å². The molecule has 5 heteroatoms. The van der Waals surface area contributed by atoms with Gasteiger partial charge in [0.2, 0.25) is 0 Å². The van der Waals surface area contributed by atoms with E-state index >= 15 is 0 Å². The van der Waals surface area contributed by atoms with E-state index in [9.17, 15) is 0 Å². The molecule has 0 saturated carbocycles. The number of allylic oxidation sites excluding steroid dienone is 2.